The molecule has 5 rings (SSSR count). The summed E-state index contributed by atoms with van der Waals surface area (Å²) >= 11 is 0. The first-order chi connectivity index (χ1) is 12.1. The Morgan fingerprint density at radius 3 is 2.88 bits per heavy atom. The molecule has 5 nitrogen and oxygen atoms in total. The van der Waals surface area contributed by atoms with Crippen LogP contribution < -0.4 is 10.9 Å². The SMILES string of the molecule is Cc1cccc(C2=C(c3ccc(=O)n(C)c3)N3C4CCC(C4)C3N2)n1. The largest absolute Gasteiger partial charge is 0.361 e. The number of piperidine rings is 1. The van der Waals surface area contributed by atoms with Gasteiger partial charge in [-0.2, -0.15) is 0 Å². The molecule has 25 heavy (non-hydrogen) atoms. The lowest BCUT2D eigenvalue weighted by atomic mass is 10.1. The van der Waals surface area contributed by atoms with Crippen molar-refractivity contribution in [1.82, 2.24) is 19.8 Å². The van der Waals surface area contributed by atoms with Crippen molar-refractivity contribution in [3.63, 3.8) is 0 Å². The Labute approximate surface area is 147 Å². The van der Waals surface area contributed by atoms with Gasteiger partial charge in [0.15, 0.2) is 0 Å². The normalized spacial score (nSPS) is 27.0. The molecule has 0 aromatic carbocycles. The van der Waals surface area contributed by atoms with Crippen molar-refractivity contribution >= 4 is 11.4 Å². The van der Waals surface area contributed by atoms with Gasteiger partial charge in [-0.15, -0.1) is 0 Å². The summed E-state index contributed by atoms with van der Waals surface area (Å²) in [5, 5.41) is 3.77. The average Bonchev–Trinajstić information content (AvgIpc) is 3.28. The first-order valence-electron chi connectivity index (χ1n) is 9.02. The van der Waals surface area contributed by atoms with Gasteiger partial charge in [-0.05, 0) is 50.3 Å². The van der Waals surface area contributed by atoms with E-state index in [-0.39, 0.29) is 5.56 Å². The Morgan fingerprint density at radius 1 is 1.20 bits per heavy atom. The highest BCUT2D eigenvalue weighted by atomic mass is 16.1. The summed E-state index contributed by atoms with van der Waals surface area (Å²) in [4.78, 5) is 19.1. The first kappa shape index (κ1) is 14.8. The molecule has 3 aliphatic rings. The molecule has 3 unspecified atom stereocenters. The van der Waals surface area contributed by atoms with Crippen LogP contribution in [0.3, 0.4) is 0 Å². The summed E-state index contributed by atoms with van der Waals surface area (Å²) in [7, 11) is 1.81. The van der Waals surface area contributed by atoms with Crippen molar-refractivity contribution in [3.05, 3.63) is 63.8 Å². The molecular weight excluding hydrogens is 312 g/mol. The maximum absolute atomic E-state index is 11.8. The van der Waals surface area contributed by atoms with Crippen LogP contribution in [0.2, 0.25) is 0 Å². The fourth-order valence-electron chi connectivity index (χ4n) is 4.74. The maximum Gasteiger partial charge on any atom is 0.250 e. The summed E-state index contributed by atoms with van der Waals surface area (Å²) in [5.74, 6) is 0.704. The number of hydrogen-bond acceptors (Lipinski definition) is 4. The third-order valence-electron chi connectivity index (χ3n) is 5.88. The zero-order valence-corrected chi connectivity index (χ0v) is 14.6. The minimum Gasteiger partial charge on any atom is -0.361 e. The fourth-order valence-corrected chi connectivity index (χ4v) is 4.74. The zero-order valence-electron chi connectivity index (χ0n) is 14.6. The summed E-state index contributed by atoms with van der Waals surface area (Å²) in [5.41, 5.74) is 5.40. The molecule has 1 aliphatic carbocycles. The topological polar surface area (TPSA) is 50.2 Å². The van der Waals surface area contributed by atoms with E-state index in [4.69, 9.17) is 4.98 Å². The third kappa shape index (κ3) is 2.15. The number of hydrogen-bond donors (Lipinski definition) is 1. The van der Waals surface area contributed by atoms with Gasteiger partial charge in [0.25, 0.3) is 0 Å². The minimum atomic E-state index is 0.0185. The summed E-state index contributed by atoms with van der Waals surface area (Å²) in [6.45, 7) is 2.02. The van der Waals surface area contributed by atoms with Crippen LogP contribution in [0.4, 0.5) is 0 Å². The lowest BCUT2D eigenvalue weighted by Crippen LogP contribution is -2.41. The molecule has 1 saturated carbocycles. The van der Waals surface area contributed by atoms with Crippen molar-refractivity contribution in [3.8, 4) is 0 Å². The molecular formula is C20H22N4O. The van der Waals surface area contributed by atoms with Gasteiger partial charge in [-0.3, -0.25) is 9.78 Å². The number of rotatable bonds is 2. The van der Waals surface area contributed by atoms with Gasteiger partial charge in [-0.1, -0.05) is 6.07 Å². The van der Waals surface area contributed by atoms with Crippen molar-refractivity contribution in [2.24, 2.45) is 13.0 Å². The Morgan fingerprint density at radius 2 is 2.08 bits per heavy atom. The fraction of sp³-hybridized carbons (Fsp3) is 0.400. The van der Waals surface area contributed by atoms with E-state index in [9.17, 15) is 4.79 Å². The zero-order chi connectivity index (χ0) is 17.1. The molecule has 0 amide bonds. The first-order valence-corrected chi connectivity index (χ1v) is 9.02. The molecule has 2 fully saturated rings. The number of aryl methyl sites for hydroxylation is 2. The van der Waals surface area contributed by atoms with E-state index in [1.165, 1.54) is 25.0 Å². The van der Waals surface area contributed by atoms with E-state index >= 15 is 0 Å². The van der Waals surface area contributed by atoms with Gasteiger partial charge in [-0.25, -0.2) is 0 Å². The predicted molar refractivity (Wildman–Crippen MR) is 97.4 cm³/mol. The lowest BCUT2D eigenvalue weighted by Gasteiger charge is -2.33. The van der Waals surface area contributed by atoms with Gasteiger partial charge >= 0.3 is 0 Å². The highest BCUT2D eigenvalue weighted by Gasteiger charge is 2.51. The molecule has 2 aromatic heterocycles. The Balaban J connectivity index is 1.71. The third-order valence-corrected chi connectivity index (χ3v) is 5.88. The van der Waals surface area contributed by atoms with E-state index in [2.05, 4.69) is 22.3 Å². The summed E-state index contributed by atoms with van der Waals surface area (Å²) in [6.07, 6.45) is 6.13. The molecule has 2 bridgehead atoms. The highest BCUT2D eigenvalue weighted by Crippen LogP contribution is 2.50. The van der Waals surface area contributed by atoms with Crippen LogP contribution in [-0.4, -0.2) is 26.7 Å². The average molecular weight is 334 g/mol. The highest BCUT2D eigenvalue weighted by molar-refractivity contribution is 5.90. The molecule has 2 aromatic rings. The Kier molecular flexibility index (Phi) is 3.08. The van der Waals surface area contributed by atoms with Crippen LogP contribution in [-0.2, 0) is 7.05 Å². The van der Waals surface area contributed by atoms with Crippen molar-refractivity contribution in [2.45, 2.75) is 38.4 Å². The molecule has 2 aliphatic heterocycles. The molecule has 1 N–H and O–H groups in total. The van der Waals surface area contributed by atoms with E-state index in [1.54, 1.807) is 10.6 Å². The summed E-state index contributed by atoms with van der Waals surface area (Å²) < 4.78 is 1.66. The number of nitrogens with zero attached hydrogens (tertiary/aromatic N) is 3. The van der Waals surface area contributed by atoms with Crippen LogP contribution >= 0.6 is 0 Å². The van der Waals surface area contributed by atoms with E-state index in [0.29, 0.717) is 18.1 Å². The van der Waals surface area contributed by atoms with Crippen molar-refractivity contribution in [1.29, 1.82) is 0 Å². The van der Waals surface area contributed by atoms with Crippen molar-refractivity contribution < 1.29 is 0 Å². The van der Waals surface area contributed by atoms with E-state index < -0.39 is 0 Å². The van der Waals surface area contributed by atoms with Gasteiger partial charge in [0, 0.05) is 36.6 Å². The second kappa shape index (κ2) is 5.22. The van der Waals surface area contributed by atoms with Gasteiger partial charge in [0.2, 0.25) is 5.56 Å². The predicted octanol–water partition coefficient (Wildman–Crippen LogP) is 2.33. The molecule has 3 atom stereocenters. The second-order valence-electron chi connectivity index (χ2n) is 7.48. The number of aromatic nitrogens is 2. The molecule has 4 heterocycles. The quantitative estimate of drug-likeness (QED) is 0.916. The number of nitrogens with one attached hydrogen (secondary N) is 1. The Hall–Kier alpha value is -2.56. The van der Waals surface area contributed by atoms with Crippen molar-refractivity contribution in [2.75, 3.05) is 0 Å². The number of fused-ring (bicyclic) bond motifs is 5. The Bertz CT molecular complexity index is 945. The number of pyridine rings is 2. The monoisotopic (exact) mass is 334 g/mol. The second-order valence-corrected chi connectivity index (χ2v) is 7.48. The van der Waals surface area contributed by atoms with Crippen LogP contribution in [0.25, 0.3) is 11.4 Å². The molecule has 5 heteroatoms. The van der Waals surface area contributed by atoms with Gasteiger partial charge in [0.05, 0.1) is 17.1 Å². The van der Waals surface area contributed by atoms with Crippen LogP contribution in [0.1, 0.15) is 36.2 Å². The van der Waals surface area contributed by atoms with Crippen LogP contribution in [0.15, 0.2) is 41.3 Å². The lowest BCUT2D eigenvalue weighted by molar-refractivity contribution is 0.218. The molecule has 0 spiro atoms. The van der Waals surface area contributed by atoms with Crippen LogP contribution in [0, 0.1) is 12.8 Å². The smallest absolute Gasteiger partial charge is 0.250 e. The standard InChI is InChI=1S/C20H22N4O/c1-12-4-3-5-16(21-12)18-19(14-7-9-17(25)23(2)11-14)24-15-8-6-13(10-15)20(24)22-18/h3-5,7,9,11,13,15,20,22H,6,8,10H2,1-2H3. The van der Waals surface area contributed by atoms with E-state index in [0.717, 1.165) is 22.6 Å². The summed E-state index contributed by atoms with van der Waals surface area (Å²) in [6, 6.07) is 10.4. The molecule has 128 valence electrons. The van der Waals surface area contributed by atoms with Gasteiger partial charge < -0.3 is 14.8 Å². The minimum absolute atomic E-state index is 0.0185. The van der Waals surface area contributed by atoms with Crippen LogP contribution in [0.5, 0.6) is 0 Å². The molecule has 1 saturated heterocycles. The van der Waals surface area contributed by atoms with E-state index in [1.807, 2.05) is 32.3 Å². The molecule has 0 radical (unpaired) electrons. The van der Waals surface area contributed by atoms with Gasteiger partial charge in [0.1, 0.15) is 6.17 Å². The maximum atomic E-state index is 11.8.